The second-order valence-corrected chi connectivity index (χ2v) is 8.49. The molecule has 0 spiro atoms. The quantitative estimate of drug-likeness (QED) is 0.567. The van der Waals surface area contributed by atoms with Gasteiger partial charge in [-0.3, -0.25) is 9.59 Å². The predicted molar refractivity (Wildman–Crippen MR) is 127 cm³/mol. The first kappa shape index (κ1) is 25.2. The van der Waals surface area contributed by atoms with Crippen molar-refractivity contribution >= 4 is 11.8 Å². The summed E-state index contributed by atoms with van der Waals surface area (Å²) in [5.41, 5.74) is 3.03. The van der Waals surface area contributed by atoms with E-state index < -0.39 is 6.04 Å². The van der Waals surface area contributed by atoms with E-state index in [1.54, 1.807) is 12.0 Å². The fourth-order valence-corrected chi connectivity index (χ4v) is 3.45. The molecule has 2 aromatic rings. The number of carbonyl (C=O) groups is 2. The summed E-state index contributed by atoms with van der Waals surface area (Å²) in [6.07, 6.45) is 0.509. The second-order valence-electron chi connectivity index (χ2n) is 8.49. The molecule has 0 aromatic heterocycles. The van der Waals surface area contributed by atoms with Gasteiger partial charge >= 0.3 is 0 Å². The standard InChI is InChI=1S/C26H36N2O4/c1-7-23(26(30)27-15-18(2)3)28(16-21-9-11-22(31-6)12-10-21)25(29)17-32-24-13-8-19(4)14-20(24)5/h8-14,18,23H,7,15-17H2,1-6H3,(H,27,30). The van der Waals surface area contributed by atoms with E-state index in [0.717, 1.165) is 22.4 Å². The van der Waals surface area contributed by atoms with E-state index in [1.165, 1.54) is 0 Å². The third-order valence-corrected chi connectivity index (χ3v) is 5.26. The first-order chi connectivity index (χ1) is 15.2. The Labute approximate surface area is 191 Å². The smallest absolute Gasteiger partial charge is 0.261 e. The summed E-state index contributed by atoms with van der Waals surface area (Å²) in [4.78, 5) is 27.8. The first-order valence-electron chi connectivity index (χ1n) is 11.1. The van der Waals surface area contributed by atoms with Crippen LogP contribution in [0.5, 0.6) is 11.5 Å². The van der Waals surface area contributed by atoms with Gasteiger partial charge in [0, 0.05) is 13.1 Å². The van der Waals surface area contributed by atoms with Gasteiger partial charge in [0.25, 0.3) is 5.91 Å². The molecule has 0 saturated carbocycles. The molecule has 174 valence electrons. The van der Waals surface area contributed by atoms with Crippen LogP contribution in [-0.2, 0) is 16.1 Å². The Morgan fingerprint density at radius 2 is 1.75 bits per heavy atom. The molecular weight excluding hydrogens is 404 g/mol. The van der Waals surface area contributed by atoms with Crippen LogP contribution in [0.1, 0.15) is 43.9 Å². The first-order valence-corrected chi connectivity index (χ1v) is 11.1. The van der Waals surface area contributed by atoms with E-state index in [4.69, 9.17) is 9.47 Å². The number of ether oxygens (including phenoxy) is 2. The monoisotopic (exact) mass is 440 g/mol. The predicted octanol–water partition coefficient (Wildman–Crippen LogP) is 4.27. The minimum absolute atomic E-state index is 0.131. The average Bonchev–Trinajstić information content (AvgIpc) is 2.77. The van der Waals surface area contributed by atoms with Gasteiger partial charge in [0.05, 0.1) is 7.11 Å². The third kappa shape index (κ3) is 7.29. The van der Waals surface area contributed by atoms with Gasteiger partial charge in [-0.15, -0.1) is 0 Å². The van der Waals surface area contributed by atoms with E-state index in [2.05, 4.69) is 5.32 Å². The van der Waals surface area contributed by atoms with Crippen LogP contribution in [0.2, 0.25) is 0 Å². The molecule has 0 aliphatic rings. The van der Waals surface area contributed by atoms with Crippen molar-refractivity contribution in [3.63, 3.8) is 0 Å². The molecule has 6 nitrogen and oxygen atoms in total. The summed E-state index contributed by atoms with van der Waals surface area (Å²) in [6, 6.07) is 12.8. The van der Waals surface area contributed by atoms with Gasteiger partial charge < -0.3 is 19.7 Å². The van der Waals surface area contributed by atoms with Crippen molar-refractivity contribution in [1.29, 1.82) is 0 Å². The zero-order valence-electron chi connectivity index (χ0n) is 20.1. The lowest BCUT2D eigenvalue weighted by atomic mass is 10.1. The van der Waals surface area contributed by atoms with E-state index in [1.807, 2.05) is 77.1 Å². The maximum absolute atomic E-state index is 13.3. The number of aryl methyl sites for hydroxylation is 2. The summed E-state index contributed by atoms with van der Waals surface area (Å²) in [5, 5.41) is 2.97. The normalized spacial score (nSPS) is 11.7. The van der Waals surface area contributed by atoms with Gasteiger partial charge in [-0.25, -0.2) is 0 Å². The Morgan fingerprint density at radius 1 is 1.06 bits per heavy atom. The Balaban J connectivity index is 2.21. The molecule has 1 unspecified atom stereocenters. The van der Waals surface area contributed by atoms with Gasteiger partial charge in [0.15, 0.2) is 6.61 Å². The Morgan fingerprint density at radius 3 is 2.31 bits per heavy atom. The van der Waals surface area contributed by atoms with Crippen LogP contribution in [0, 0.1) is 19.8 Å². The molecule has 2 amide bonds. The molecule has 2 rings (SSSR count). The van der Waals surface area contributed by atoms with Gasteiger partial charge in [-0.2, -0.15) is 0 Å². The molecule has 0 bridgehead atoms. The highest BCUT2D eigenvalue weighted by molar-refractivity contribution is 5.88. The number of hydrogen-bond acceptors (Lipinski definition) is 4. The highest BCUT2D eigenvalue weighted by Gasteiger charge is 2.29. The number of methoxy groups -OCH3 is 1. The molecule has 0 saturated heterocycles. The molecule has 0 fully saturated rings. The molecule has 1 atom stereocenters. The number of nitrogens with one attached hydrogen (secondary N) is 1. The minimum Gasteiger partial charge on any atom is -0.497 e. The minimum atomic E-state index is -0.578. The number of benzene rings is 2. The molecule has 0 radical (unpaired) electrons. The van der Waals surface area contributed by atoms with Crippen LogP contribution in [0.15, 0.2) is 42.5 Å². The highest BCUT2D eigenvalue weighted by Crippen LogP contribution is 2.20. The van der Waals surface area contributed by atoms with Crippen molar-refractivity contribution in [3.8, 4) is 11.5 Å². The van der Waals surface area contributed by atoms with Crippen molar-refractivity contribution in [2.45, 2.75) is 53.6 Å². The Hall–Kier alpha value is -3.02. The number of rotatable bonds is 11. The second kappa shape index (κ2) is 12.1. The molecule has 0 aliphatic heterocycles. The van der Waals surface area contributed by atoms with Crippen molar-refractivity contribution in [2.24, 2.45) is 5.92 Å². The van der Waals surface area contributed by atoms with Crippen molar-refractivity contribution < 1.29 is 19.1 Å². The van der Waals surface area contributed by atoms with Gasteiger partial charge in [-0.1, -0.05) is 50.6 Å². The van der Waals surface area contributed by atoms with Crippen LogP contribution in [0.4, 0.5) is 0 Å². The highest BCUT2D eigenvalue weighted by atomic mass is 16.5. The topological polar surface area (TPSA) is 67.9 Å². The summed E-state index contributed by atoms with van der Waals surface area (Å²) >= 11 is 0. The number of carbonyl (C=O) groups excluding carboxylic acids is 2. The zero-order valence-corrected chi connectivity index (χ0v) is 20.1. The summed E-state index contributed by atoms with van der Waals surface area (Å²) < 4.78 is 11.1. The lowest BCUT2D eigenvalue weighted by Crippen LogP contribution is -2.50. The van der Waals surface area contributed by atoms with Gasteiger partial charge in [0.1, 0.15) is 17.5 Å². The van der Waals surface area contributed by atoms with Crippen LogP contribution in [0.25, 0.3) is 0 Å². The SMILES string of the molecule is CCC(C(=O)NCC(C)C)N(Cc1ccc(OC)cc1)C(=O)COc1ccc(C)cc1C. The summed E-state index contributed by atoms with van der Waals surface area (Å²) in [6.45, 7) is 10.7. The van der Waals surface area contributed by atoms with E-state index in [-0.39, 0.29) is 18.4 Å². The van der Waals surface area contributed by atoms with Gasteiger partial charge in [0.2, 0.25) is 5.91 Å². The number of amides is 2. The van der Waals surface area contributed by atoms with Crippen LogP contribution in [0.3, 0.4) is 0 Å². The lowest BCUT2D eigenvalue weighted by Gasteiger charge is -2.31. The molecule has 6 heteroatoms. The lowest BCUT2D eigenvalue weighted by molar-refractivity contribution is -0.143. The molecule has 2 aromatic carbocycles. The fraction of sp³-hybridized carbons (Fsp3) is 0.462. The number of hydrogen-bond donors (Lipinski definition) is 1. The van der Waals surface area contributed by atoms with Crippen LogP contribution in [-0.4, -0.2) is 43.0 Å². The number of nitrogens with zero attached hydrogens (tertiary/aromatic N) is 1. The zero-order chi connectivity index (χ0) is 23.7. The van der Waals surface area contributed by atoms with E-state index in [9.17, 15) is 9.59 Å². The molecule has 32 heavy (non-hydrogen) atoms. The van der Waals surface area contributed by atoms with E-state index >= 15 is 0 Å². The summed E-state index contributed by atoms with van der Waals surface area (Å²) in [5.74, 6) is 1.37. The Bertz CT molecular complexity index is 893. The molecule has 0 heterocycles. The summed E-state index contributed by atoms with van der Waals surface area (Å²) in [7, 11) is 1.61. The maximum Gasteiger partial charge on any atom is 0.261 e. The largest absolute Gasteiger partial charge is 0.497 e. The van der Waals surface area contributed by atoms with Crippen LogP contribution >= 0.6 is 0 Å². The van der Waals surface area contributed by atoms with E-state index in [0.29, 0.717) is 31.2 Å². The van der Waals surface area contributed by atoms with Crippen molar-refractivity contribution in [1.82, 2.24) is 10.2 Å². The van der Waals surface area contributed by atoms with Gasteiger partial charge in [-0.05, 0) is 55.5 Å². The van der Waals surface area contributed by atoms with Crippen molar-refractivity contribution in [2.75, 3.05) is 20.3 Å². The fourth-order valence-electron chi connectivity index (χ4n) is 3.45. The Kier molecular flexibility index (Phi) is 9.57. The molecule has 0 aliphatic carbocycles. The van der Waals surface area contributed by atoms with Crippen molar-refractivity contribution in [3.05, 3.63) is 59.2 Å². The van der Waals surface area contributed by atoms with Crippen LogP contribution < -0.4 is 14.8 Å². The molecule has 1 N–H and O–H groups in total. The average molecular weight is 441 g/mol. The maximum atomic E-state index is 13.3. The third-order valence-electron chi connectivity index (χ3n) is 5.26. The molecular formula is C26H36N2O4.